The van der Waals surface area contributed by atoms with Gasteiger partial charge in [-0.2, -0.15) is 0 Å². The lowest BCUT2D eigenvalue weighted by molar-refractivity contribution is -0.00575. The van der Waals surface area contributed by atoms with Gasteiger partial charge in [0, 0.05) is 4.47 Å². The molecule has 0 saturated heterocycles. The minimum Gasteiger partial charge on any atom is -0.478 e. The van der Waals surface area contributed by atoms with E-state index in [0.717, 1.165) is 25.7 Å². The molecule has 0 amide bonds. The fraction of sp³-hybridized carbons (Fsp3) is 0.500. The van der Waals surface area contributed by atoms with Crippen LogP contribution in [0.5, 0.6) is 0 Å². The number of aromatic carboxylic acids is 1. The van der Waals surface area contributed by atoms with Gasteiger partial charge < -0.3 is 9.84 Å². The summed E-state index contributed by atoms with van der Waals surface area (Å²) in [7, 11) is 0. The molecule has 0 atom stereocenters. The Labute approximate surface area is 133 Å². The first-order chi connectivity index (χ1) is 9.78. The van der Waals surface area contributed by atoms with Crippen molar-refractivity contribution in [3.05, 3.63) is 33.8 Å². The lowest BCUT2D eigenvalue weighted by Gasteiger charge is -2.25. The van der Waals surface area contributed by atoms with E-state index in [0.29, 0.717) is 4.47 Å². The first-order valence-electron chi connectivity index (χ1n) is 7.03. The van der Waals surface area contributed by atoms with E-state index in [1.807, 2.05) is 13.8 Å². The Balaban J connectivity index is 2.90. The number of carboxylic acids is 1. The van der Waals surface area contributed by atoms with Gasteiger partial charge in [-0.05, 0) is 54.8 Å². The van der Waals surface area contributed by atoms with Gasteiger partial charge in [-0.3, -0.25) is 0 Å². The van der Waals surface area contributed by atoms with Crippen LogP contribution in [-0.4, -0.2) is 22.6 Å². The fourth-order valence-electron chi connectivity index (χ4n) is 2.07. The highest BCUT2D eigenvalue weighted by Crippen LogP contribution is 2.25. The minimum atomic E-state index is -1.15. The number of carbonyl (C=O) groups is 2. The van der Waals surface area contributed by atoms with Gasteiger partial charge in [-0.1, -0.05) is 25.8 Å². The van der Waals surface area contributed by atoms with E-state index in [1.54, 1.807) is 12.1 Å². The molecule has 4 nitrogen and oxygen atoms in total. The molecule has 0 bridgehead atoms. The minimum absolute atomic E-state index is 0.0631. The topological polar surface area (TPSA) is 63.6 Å². The van der Waals surface area contributed by atoms with Crippen LogP contribution in [0.4, 0.5) is 0 Å². The molecule has 0 heterocycles. The molecular weight excluding hydrogens is 336 g/mol. The molecule has 0 radical (unpaired) electrons. The molecule has 116 valence electrons. The fourth-order valence-corrected chi connectivity index (χ4v) is 2.61. The van der Waals surface area contributed by atoms with Crippen LogP contribution in [0.1, 0.15) is 67.2 Å². The number of halogens is 1. The SMILES string of the molecule is CCCCCC(C)(C)OC(=O)c1cccc(Br)c1C(=O)O. The van der Waals surface area contributed by atoms with Gasteiger partial charge in [0.25, 0.3) is 0 Å². The maximum atomic E-state index is 12.3. The monoisotopic (exact) mass is 356 g/mol. The number of carbonyl (C=O) groups excluding carboxylic acids is 1. The molecule has 0 aromatic heterocycles. The number of unbranched alkanes of at least 4 members (excludes halogenated alkanes) is 2. The molecule has 0 unspecified atom stereocenters. The second-order valence-electron chi connectivity index (χ2n) is 5.57. The van der Waals surface area contributed by atoms with Crippen molar-refractivity contribution in [2.24, 2.45) is 0 Å². The normalized spacial score (nSPS) is 11.2. The summed E-state index contributed by atoms with van der Waals surface area (Å²) in [5.41, 5.74) is -0.600. The van der Waals surface area contributed by atoms with Crippen LogP contribution < -0.4 is 0 Å². The Kier molecular flexibility index (Phi) is 6.40. The number of ether oxygens (including phenoxy) is 1. The highest BCUT2D eigenvalue weighted by atomic mass is 79.9. The highest BCUT2D eigenvalue weighted by molar-refractivity contribution is 9.10. The van der Waals surface area contributed by atoms with E-state index in [-0.39, 0.29) is 11.1 Å². The van der Waals surface area contributed by atoms with Crippen LogP contribution in [0.2, 0.25) is 0 Å². The summed E-state index contributed by atoms with van der Waals surface area (Å²) in [6, 6.07) is 4.68. The van der Waals surface area contributed by atoms with Crippen LogP contribution in [-0.2, 0) is 4.74 Å². The van der Waals surface area contributed by atoms with Crippen molar-refractivity contribution in [3.8, 4) is 0 Å². The van der Waals surface area contributed by atoms with Crippen LogP contribution in [0.25, 0.3) is 0 Å². The largest absolute Gasteiger partial charge is 0.478 e. The van der Waals surface area contributed by atoms with Crippen LogP contribution in [0.3, 0.4) is 0 Å². The average Bonchev–Trinajstić information content (AvgIpc) is 2.37. The van der Waals surface area contributed by atoms with E-state index >= 15 is 0 Å². The Morgan fingerprint density at radius 2 is 1.95 bits per heavy atom. The van der Waals surface area contributed by atoms with E-state index in [2.05, 4.69) is 22.9 Å². The van der Waals surface area contributed by atoms with Gasteiger partial charge in [-0.25, -0.2) is 9.59 Å². The zero-order valence-electron chi connectivity index (χ0n) is 12.6. The lowest BCUT2D eigenvalue weighted by atomic mass is 10.00. The zero-order valence-corrected chi connectivity index (χ0v) is 14.2. The molecule has 0 aliphatic heterocycles. The Morgan fingerprint density at radius 3 is 2.52 bits per heavy atom. The number of hydrogen-bond acceptors (Lipinski definition) is 3. The van der Waals surface area contributed by atoms with Gasteiger partial charge in [0.1, 0.15) is 5.60 Å². The number of hydrogen-bond donors (Lipinski definition) is 1. The summed E-state index contributed by atoms with van der Waals surface area (Å²) in [6.45, 7) is 5.80. The molecule has 0 aliphatic carbocycles. The number of esters is 1. The van der Waals surface area contributed by atoms with Crippen molar-refractivity contribution in [3.63, 3.8) is 0 Å². The molecule has 1 aromatic rings. The maximum absolute atomic E-state index is 12.3. The Morgan fingerprint density at radius 1 is 1.29 bits per heavy atom. The predicted octanol–water partition coefficient (Wildman–Crippen LogP) is 4.66. The molecule has 0 saturated carbocycles. The van der Waals surface area contributed by atoms with Crippen molar-refractivity contribution < 1.29 is 19.4 Å². The summed E-state index contributed by atoms with van der Waals surface area (Å²) >= 11 is 3.16. The van der Waals surface area contributed by atoms with Crippen LogP contribution in [0, 0.1) is 0 Å². The van der Waals surface area contributed by atoms with Crippen molar-refractivity contribution in [1.82, 2.24) is 0 Å². The first-order valence-corrected chi connectivity index (χ1v) is 7.83. The van der Waals surface area contributed by atoms with E-state index in [9.17, 15) is 14.7 Å². The summed E-state index contributed by atoms with van der Waals surface area (Å²) in [5, 5.41) is 9.23. The smallest absolute Gasteiger partial charge is 0.339 e. The molecular formula is C16H21BrO4. The van der Waals surface area contributed by atoms with Gasteiger partial charge in [0.2, 0.25) is 0 Å². The maximum Gasteiger partial charge on any atom is 0.339 e. The van der Waals surface area contributed by atoms with Gasteiger partial charge in [-0.15, -0.1) is 0 Å². The zero-order chi connectivity index (χ0) is 16.0. The van der Waals surface area contributed by atoms with Crippen molar-refractivity contribution in [1.29, 1.82) is 0 Å². The molecule has 5 heteroatoms. The van der Waals surface area contributed by atoms with Crippen LogP contribution >= 0.6 is 15.9 Å². The number of carboxylic acid groups (broad SMARTS) is 1. The second kappa shape index (κ2) is 7.59. The summed E-state index contributed by atoms with van der Waals surface area (Å²) in [5.74, 6) is -1.76. The van der Waals surface area contributed by atoms with E-state index in [4.69, 9.17) is 4.74 Å². The first kappa shape index (κ1) is 17.7. The van der Waals surface area contributed by atoms with E-state index in [1.165, 1.54) is 6.07 Å². The second-order valence-corrected chi connectivity index (χ2v) is 6.43. The number of benzene rings is 1. The highest BCUT2D eigenvalue weighted by Gasteiger charge is 2.27. The molecule has 0 fully saturated rings. The van der Waals surface area contributed by atoms with Gasteiger partial charge in [0.15, 0.2) is 0 Å². The van der Waals surface area contributed by atoms with Gasteiger partial charge in [0.05, 0.1) is 11.1 Å². The molecule has 0 aliphatic rings. The Bertz CT molecular complexity index is 523. The number of rotatable bonds is 7. The molecule has 21 heavy (non-hydrogen) atoms. The third-order valence-electron chi connectivity index (χ3n) is 3.20. The Hall–Kier alpha value is -1.36. The summed E-state index contributed by atoms with van der Waals surface area (Å²) in [6.07, 6.45) is 3.90. The molecule has 0 spiro atoms. The summed E-state index contributed by atoms with van der Waals surface area (Å²) in [4.78, 5) is 23.5. The standard InChI is InChI=1S/C16H21BrO4/c1-4-5-6-10-16(2,3)21-15(20)11-8-7-9-12(17)13(11)14(18)19/h7-9H,4-6,10H2,1-3H3,(H,18,19). The van der Waals surface area contributed by atoms with Crippen molar-refractivity contribution >= 4 is 27.9 Å². The third-order valence-corrected chi connectivity index (χ3v) is 3.86. The van der Waals surface area contributed by atoms with Crippen molar-refractivity contribution in [2.45, 2.75) is 52.1 Å². The quantitative estimate of drug-likeness (QED) is 0.569. The van der Waals surface area contributed by atoms with Crippen molar-refractivity contribution in [2.75, 3.05) is 0 Å². The molecule has 1 rings (SSSR count). The lowest BCUT2D eigenvalue weighted by Crippen LogP contribution is -2.29. The summed E-state index contributed by atoms with van der Waals surface area (Å²) < 4.78 is 5.86. The molecule has 1 aromatic carbocycles. The van der Waals surface area contributed by atoms with E-state index < -0.39 is 17.5 Å². The van der Waals surface area contributed by atoms with Gasteiger partial charge >= 0.3 is 11.9 Å². The molecule has 1 N–H and O–H groups in total. The predicted molar refractivity (Wildman–Crippen MR) is 84.7 cm³/mol. The van der Waals surface area contributed by atoms with Crippen LogP contribution in [0.15, 0.2) is 22.7 Å². The third kappa shape index (κ3) is 5.16. The average molecular weight is 357 g/mol.